The van der Waals surface area contributed by atoms with E-state index < -0.39 is 0 Å². The van der Waals surface area contributed by atoms with Gasteiger partial charge in [-0.1, -0.05) is 0 Å². The highest BCUT2D eigenvalue weighted by molar-refractivity contribution is 7.23. The summed E-state index contributed by atoms with van der Waals surface area (Å²) in [6.45, 7) is 3.27. The number of rotatable bonds is 5. The van der Waals surface area contributed by atoms with Crippen LogP contribution in [0.25, 0.3) is 10.2 Å². The van der Waals surface area contributed by atoms with Crippen molar-refractivity contribution in [2.24, 2.45) is 0 Å². The molecule has 3 aromatic heterocycles. The summed E-state index contributed by atoms with van der Waals surface area (Å²) in [5.41, 5.74) is 8.29. The molecule has 1 saturated heterocycles. The average molecular weight is 384 g/mol. The summed E-state index contributed by atoms with van der Waals surface area (Å²) in [6, 6.07) is 7.32. The zero-order chi connectivity index (χ0) is 18.8. The highest BCUT2D eigenvalue weighted by Crippen LogP contribution is 2.31. The van der Waals surface area contributed by atoms with Crippen LogP contribution >= 0.6 is 11.3 Å². The van der Waals surface area contributed by atoms with Crippen LogP contribution in [0.5, 0.6) is 0 Å². The van der Waals surface area contributed by atoms with Crippen molar-refractivity contribution in [2.75, 3.05) is 43.9 Å². The Balaban J connectivity index is 1.45. The van der Waals surface area contributed by atoms with Crippen LogP contribution in [-0.2, 0) is 9.53 Å². The van der Waals surface area contributed by atoms with E-state index in [4.69, 9.17) is 15.9 Å². The third-order valence-electron chi connectivity index (χ3n) is 4.42. The molecule has 3 aromatic rings. The Morgan fingerprint density at radius 1 is 1.41 bits per heavy atom. The lowest BCUT2D eigenvalue weighted by molar-refractivity contribution is -0.118. The van der Waals surface area contributed by atoms with Crippen molar-refractivity contribution in [1.29, 1.82) is 5.41 Å². The van der Waals surface area contributed by atoms with Gasteiger partial charge in [-0.05, 0) is 24.3 Å². The molecule has 1 aliphatic rings. The molecule has 0 saturated carbocycles. The van der Waals surface area contributed by atoms with Gasteiger partial charge in [-0.25, -0.2) is 4.98 Å². The van der Waals surface area contributed by atoms with Crippen molar-refractivity contribution in [3.05, 3.63) is 41.7 Å². The molecule has 0 radical (unpaired) electrons. The van der Waals surface area contributed by atoms with E-state index >= 15 is 0 Å². The number of aromatic nitrogens is 2. The lowest BCUT2D eigenvalue weighted by atomic mass is 10.1. The van der Waals surface area contributed by atoms with Crippen molar-refractivity contribution >= 4 is 44.0 Å². The van der Waals surface area contributed by atoms with Crippen LogP contribution in [0, 0.1) is 5.41 Å². The molecule has 0 unspecified atom stereocenters. The lowest BCUT2D eigenvalue weighted by Crippen LogP contribution is -2.41. The second-order valence-electron chi connectivity index (χ2n) is 6.32. The Hall–Kier alpha value is -2.75. The summed E-state index contributed by atoms with van der Waals surface area (Å²) in [4.78, 5) is 21.6. The van der Waals surface area contributed by atoms with Crippen LogP contribution in [0.3, 0.4) is 0 Å². The molecule has 0 atom stereocenters. The molecular weight excluding hydrogens is 364 g/mol. The number of ether oxygens (including phenoxy) is 1. The summed E-state index contributed by atoms with van der Waals surface area (Å²) in [5.74, 6) is 0.299. The Labute approximate surface area is 159 Å². The lowest BCUT2D eigenvalue weighted by Gasteiger charge is -2.25. The van der Waals surface area contributed by atoms with Gasteiger partial charge in [0.25, 0.3) is 0 Å². The van der Waals surface area contributed by atoms with Gasteiger partial charge in [-0.15, -0.1) is 11.3 Å². The number of nitrogens with two attached hydrogens (primary N) is 1. The predicted octanol–water partition coefficient (Wildman–Crippen LogP) is 1.89. The quantitative estimate of drug-likeness (QED) is 0.501. The number of amides is 1. The minimum atomic E-state index is -0.0306. The van der Waals surface area contributed by atoms with Crippen LogP contribution in [0.2, 0.25) is 0 Å². The Kier molecular flexibility index (Phi) is 4.88. The molecule has 4 heterocycles. The average Bonchev–Trinajstić information content (AvgIpc) is 3.21. The first kappa shape index (κ1) is 17.7. The van der Waals surface area contributed by atoms with Gasteiger partial charge < -0.3 is 20.8 Å². The number of anilines is 2. The van der Waals surface area contributed by atoms with Crippen molar-refractivity contribution in [3.63, 3.8) is 0 Å². The van der Waals surface area contributed by atoms with Gasteiger partial charge in [0, 0.05) is 24.8 Å². The summed E-state index contributed by atoms with van der Waals surface area (Å²) >= 11 is 1.48. The van der Waals surface area contributed by atoms with Gasteiger partial charge in [-0.2, -0.15) is 0 Å². The molecule has 4 rings (SSSR count). The third-order valence-corrected chi connectivity index (χ3v) is 5.41. The number of pyridine rings is 1. The van der Waals surface area contributed by atoms with Crippen LogP contribution in [-0.4, -0.2) is 59.3 Å². The molecule has 5 N–H and O–H groups in total. The number of nitrogen functional groups attached to an aromatic ring is 1. The fraction of sp³-hybridized carbons (Fsp3) is 0.278. The van der Waals surface area contributed by atoms with E-state index in [1.165, 1.54) is 11.3 Å². The molecule has 0 aromatic carbocycles. The number of nitrogens with zero attached hydrogens (tertiary/aromatic N) is 2. The second kappa shape index (κ2) is 7.47. The van der Waals surface area contributed by atoms with Crippen LogP contribution in [0.1, 0.15) is 11.3 Å². The van der Waals surface area contributed by atoms with Crippen molar-refractivity contribution in [2.45, 2.75) is 0 Å². The molecule has 0 spiro atoms. The fourth-order valence-corrected chi connectivity index (χ4v) is 4.01. The molecular formula is C18H20N6O2S. The van der Waals surface area contributed by atoms with E-state index in [9.17, 15) is 4.79 Å². The summed E-state index contributed by atoms with van der Waals surface area (Å²) in [7, 11) is 0. The van der Waals surface area contributed by atoms with Crippen LogP contribution in [0.4, 0.5) is 10.8 Å². The molecule has 8 nitrogen and oxygen atoms in total. The Morgan fingerprint density at radius 3 is 2.96 bits per heavy atom. The number of morpholine rings is 1. The zero-order valence-electron chi connectivity index (χ0n) is 14.6. The Morgan fingerprint density at radius 2 is 2.22 bits per heavy atom. The summed E-state index contributed by atoms with van der Waals surface area (Å²) in [5, 5.41) is 12.1. The number of carbonyl (C=O) groups excluding carboxylic acids is 1. The number of fused-ring (bicyclic) bond motifs is 1. The molecule has 1 fully saturated rings. The third kappa shape index (κ3) is 3.85. The van der Waals surface area contributed by atoms with E-state index in [1.807, 2.05) is 12.1 Å². The largest absolute Gasteiger partial charge is 0.383 e. The molecule has 140 valence electrons. The van der Waals surface area contributed by atoms with E-state index in [0.29, 0.717) is 42.5 Å². The fourth-order valence-electron chi connectivity index (χ4n) is 3.03. The predicted molar refractivity (Wildman–Crippen MR) is 107 cm³/mol. The molecule has 9 heteroatoms. The maximum atomic E-state index is 12.2. The first-order chi connectivity index (χ1) is 13.1. The molecule has 0 bridgehead atoms. The summed E-state index contributed by atoms with van der Waals surface area (Å²) in [6.07, 6.45) is 1.60. The number of H-pyrrole nitrogens is 1. The van der Waals surface area contributed by atoms with E-state index in [1.54, 1.807) is 18.3 Å². The highest BCUT2D eigenvalue weighted by atomic mass is 32.1. The van der Waals surface area contributed by atoms with Gasteiger partial charge in [0.1, 0.15) is 5.82 Å². The molecule has 27 heavy (non-hydrogen) atoms. The first-order valence-corrected chi connectivity index (χ1v) is 9.44. The normalized spacial score (nSPS) is 15.1. The molecule has 0 aliphatic carbocycles. The first-order valence-electron chi connectivity index (χ1n) is 8.62. The van der Waals surface area contributed by atoms with Gasteiger partial charge in [0.2, 0.25) is 5.91 Å². The van der Waals surface area contributed by atoms with Crippen molar-refractivity contribution in [3.8, 4) is 0 Å². The van der Waals surface area contributed by atoms with Gasteiger partial charge in [0.05, 0.1) is 46.4 Å². The zero-order valence-corrected chi connectivity index (χ0v) is 15.4. The van der Waals surface area contributed by atoms with Crippen molar-refractivity contribution in [1.82, 2.24) is 14.9 Å². The number of nitrogens with one attached hydrogen (secondary N) is 3. The summed E-state index contributed by atoms with van der Waals surface area (Å²) < 4.78 is 6.27. The van der Waals surface area contributed by atoms with Crippen molar-refractivity contribution < 1.29 is 9.53 Å². The Bertz CT molecular complexity index is 957. The SMILES string of the molecule is N=C(c1cc2sc(NC(=O)CN3CCOCC3)cc2[nH]1)c1cccnc1N. The monoisotopic (exact) mass is 384 g/mol. The van der Waals surface area contributed by atoms with E-state index in [0.717, 1.165) is 28.3 Å². The highest BCUT2D eigenvalue weighted by Gasteiger charge is 2.16. The number of thiophene rings is 1. The minimum absolute atomic E-state index is 0.0306. The van der Waals surface area contributed by atoms with Gasteiger partial charge >= 0.3 is 0 Å². The van der Waals surface area contributed by atoms with Gasteiger partial charge in [-0.3, -0.25) is 15.1 Å². The maximum absolute atomic E-state index is 12.2. The minimum Gasteiger partial charge on any atom is -0.383 e. The van der Waals surface area contributed by atoms with E-state index in [-0.39, 0.29) is 5.91 Å². The number of carbonyl (C=O) groups is 1. The smallest absolute Gasteiger partial charge is 0.239 e. The maximum Gasteiger partial charge on any atom is 0.239 e. The molecule has 1 aliphatic heterocycles. The standard InChI is InChI=1S/C18H20N6O2S/c19-17(11-2-1-3-21-18(11)20)13-8-14-12(22-13)9-16(27-14)23-15(25)10-24-4-6-26-7-5-24/h1-3,8-9,19,22H,4-7,10H2,(H2,20,21)(H,23,25). The molecule has 1 amide bonds. The topological polar surface area (TPSA) is 120 Å². The number of aromatic amines is 1. The van der Waals surface area contributed by atoms with Gasteiger partial charge in [0.15, 0.2) is 0 Å². The second-order valence-corrected chi connectivity index (χ2v) is 7.40. The number of hydrogen-bond donors (Lipinski definition) is 4. The number of hydrogen-bond acceptors (Lipinski definition) is 7. The van der Waals surface area contributed by atoms with Crippen LogP contribution < -0.4 is 11.1 Å². The van der Waals surface area contributed by atoms with Crippen LogP contribution in [0.15, 0.2) is 30.5 Å². The van der Waals surface area contributed by atoms with E-state index in [2.05, 4.69) is 20.2 Å².